The Bertz CT molecular complexity index is 416. The predicted octanol–water partition coefficient (Wildman–Crippen LogP) is 1.92. The molecular weight excluding hydrogens is 256 g/mol. The molecule has 0 heterocycles. The molecule has 0 saturated carbocycles. The summed E-state index contributed by atoms with van der Waals surface area (Å²) in [5.74, 6) is 0.829. The monoisotopic (exact) mass is 280 g/mol. The number of ether oxygens (including phenoxy) is 2. The summed E-state index contributed by atoms with van der Waals surface area (Å²) < 4.78 is 10.0. The zero-order valence-corrected chi connectivity index (χ0v) is 12.7. The second-order valence-electron chi connectivity index (χ2n) is 5.21. The van der Waals surface area contributed by atoms with E-state index in [0.29, 0.717) is 19.7 Å². The molecule has 0 aliphatic heterocycles. The molecule has 1 aromatic rings. The molecule has 112 valence electrons. The van der Waals surface area contributed by atoms with Crippen LogP contribution in [0.2, 0.25) is 0 Å². The Morgan fingerprint density at radius 2 is 1.80 bits per heavy atom. The van der Waals surface area contributed by atoms with Crippen LogP contribution in [-0.4, -0.2) is 39.9 Å². The van der Waals surface area contributed by atoms with E-state index < -0.39 is 0 Å². The summed E-state index contributed by atoms with van der Waals surface area (Å²) in [5.41, 5.74) is 1.00. The SMILES string of the molecule is COCCNC(=O)NCC(C)(C)c1ccc(OC)cc1. The highest BCUT2D eigenvalue weighted by Gasteiger charge is 2.21. The molecule has 0 fully saturated rings. The molecule has 5 heteroatoms. The van der Waals surface area contributed by atoms with Crippen molar-refractivity contribution in [3.05, 3.63) is 29.8 Å². The number of carbonyl (C=O) groups excluding carboxylic acids is 1. The number of amides is 2. The van der Waals surface area contributed by atoms with Gasteiger partial charge in [0.1, 0.15) is 5.75 Å². The number of benzene rings is 1. The van der Waals surface area contributed by atoms with E-state index in [-0.39, 0.29) is 11.4 Å². The Hall–Kier alpha value is -1.75. The molecule has 0 aliphatic carbocycles. The van der Waals surface area contributed by atoms with Crippen LogP contribution in [0.3, 0.4) is 0 Å². The first-order valence-corrected chi connectivity index (χ1v) is 6.65. The average Bonchev–Trinajstić information content (AvgIpc) is 2.45. The minimum absolute atomic E-state index is 0.148. The van der Waals surface area contributed by atoms with Gasteiger partial charge in [0, 0.05) is 25.6 Å². The third-order valence-corrected chi connectivity index (χ3v) is 3.15. The van der Waals surface area contributed by atoms with Gasteiger partial charge in [0.25, 0.3) is 0 Å². The summed E-state index contributed by atoms with van der Waals surface area (Å²) in [4.78, 5) is 11.6. The average molecular weight is 280 g/mol. The molecule has 1 rings (SSSR count). The normalized spacial score (nSPS) is 11.0. The van der Waals surface area contributed by atoms with E-state index >= 15 is 0 Å². The van der Waals surface area contributed by atoms with E-state index in [1.165, 1.54) is 0 Å². The Morgan fingerprint density at radius 3 is 2.35 bits per heavy atom. The molecule has 0 aromatic heterocycles. The molecule has 2 amide bonds. The van der Waals surface area contributed by atoms with Crippen LogP contribution in [0.15, 0.2) is 24.3 Å². The summed E-state index contributed by atoms with van der Waals surface area (Å²) in [6, 6.07) is 7.71. The van der Waals surface area contributed by atoms with Gasteiger partial charge in [0.15, 0.2) is 0 Å². The van der Waals surface area contributed by atoms with Crippen LogP contribution in [0.5, 0.6) is 5.75 Å². The lowest BCUT2D eigenvalue weighted by atomic mass is 9.84. The fourth-order valence-corrected chi connectivity index (χ4v) is 1.77. The van der Waals surface area contributed by atoms with Gasteiger partial charge in [0.2, 0.25) is 0 Å². The second-order valence-corrected chi connectivity index (χ2v) is 5.21. The zero-order valence-electron chi connectivity index (χ0n) is 12.7. The van der Waals surface area contributed by atoms with E-state index in [4.69, 9.17) is 9.47 Å². The smallest absolute Gasteiger partial charge is 0.314 e. The van der Waals surface area contributed by atoms with E-state index in [2.05, 4.69) is 24.5 Å². The van der Waals surface area contributed by atoms with E-state index in [9.17, 15) is 4.79 Å². The van der Waals surface area contributed by atoms with Crippen molar-refractivity contribution in [2.75, 3.05) is 33.9 Å². The molecule has 2 N–H and O–H groups in total. The summed E-state index contributed by atoms with van der Waals surface area (Å²) in [6.45, 7) is 5.74. The van der Waals surface area contributed by atoms with Gasteiger partial charge in [-0.05, 0) is 17.7 Å². The van der Waals surface area contributed by atoms with Gasteiger partial charge in [0.05, 0.1) is 13.7 Å². The third-order valence-electron chi connectivity index (χ3n) is 3.15. The number of carbonyl (C=O) groups is 1. The fourth-order valence-electron chi connectivity index (χ4n) is 1.77. The standard InChI is InChI=1S/C15H24N2O3/c1-15(2,11-17-14(18)16-9-10-19-3)12-5-7-13(20-4)8-6-12/h5-8H,9-11H2,1-4H3,(H2,16,17,18). The van der Waals surface area contributed by atoms with Gasteiger partial charge in [-0.2, -0.15) is 0 Å². The summed E-state index contributed by atoms with van der Waals surface area (Å²) >= 11 is 0. The largest absolute Gasteiger partial charge is 0.497 e. The Balaban J connectivity index is 2.49. The molecule has 20 heavy (non-hydrogen) atoms. The van der Waals surface area contributed by atoms with Crippen molar-refractivity contribution in [3.63, 3.8) is 0 Å². The van der Waals surface area contributed by atoms with Crippen molar-refractivity contribution >= 4 is 6.03 Å². The first-order chi connectivity index (χ1) is 9.49. The van der Waals surface area contributed by atoms with Crippen molar-refractivity contribution in [2.45, 2.75) is 19.3 Å². The molecule has 0 saturated heterocycles. The highest BCUT2D eigenvalue weighted by atomic mass is 16.5. The van der Waals surface area contributed by atoms with Crippen molar-refractivity contribution < 1.29 is 14.3 Å². The van der Waals surface area contributed by atoms with E-state index in [0.717, 1.165) is 11.3 Å². The number of urea groups is 1. The van der Waals surface area contributed by atoms with Crippen LogP contribution >= 0.6 is 0 Å². The van der Waals surface area contributed by atoms with E-state index in [1.807, 2.05) is 24.3 Å². The lowest BCUT2D eigenvalue weighted by Crippen LogP contribution is -2.43. The third kappa shape index (κ3) is 5.09. The quantitative estimate of drug-likeness (QED) is 0.750. The maximum Gasteiger partial charge on any atom is 0.314 e. The second kappa shape index (κ2) is 7.75. The van der Waals surface area contributed by atoms with Gasteiger partial charge < -0.3 is 20.1 Å². The van der Waals surface area contributed by atoms with Gasteiger partial charge in [-0.1, -0.05) is 26.0 Å². The summed E-state index contributed by atoms with van der Waals surface area (Å²) in [7, 11) is 3.25. The van der Waals surface area contributed by atoms with Crippen LogP contribution < -0.4 is 15.4 Å². The van der Waals surface area contributed by atoms with Gasteiger partial charge in [-0.3, -0.25) is 0 Å². The minimum atomic E-state index is -0.177. The van der Waals surface area contributed by atoms with Crippen molar-refractivity contribution in [2.24, 2.45) is 0 Å². The summed E-state index contributed by atoms with van der Waals surface area (Å²) in [6.07, 6.45) is 0. The van der Waals surface area contributed by atoms with Gasteiger partial charge >= 0.3 is 6.03 Å². The minimum Gasteiger partial charge on any atom is -0.497 e. The molecule has 0 spiro atoms. The zero-order chi connectivity index (χ0) is 15.0. The van der Waals surface area contributed by atoms with E-state index in [1.54, 1.807) is 14.2 Å². The van der Waals surface area contributed by atoms with Crippen molar-refractivity contribution in [1.82, 2.24) is 10.6 Å². The van der Waals surface area contributed by atoms with Crippen LogP contribution in [0, 0.1) is 0 Å². The highest BCUT2D eigenvalue weighted by Crippen LogP contribution is 2.24. The molecule has 0 unspecified atom stereocenters. The predicted molar refractivity (Wildman–Crippen MR) is 79.3 cm³/mol. The maximum atomic E-state index is 11.6. The highest BCUT2D eigenvalue weighted by molar-refractivity contribution is 5.73. The molecule has 0 atom stereocenters. The number of hydrogen-bond donors (Lipinski definition) is 2. The first kappa shape index (κ1) is 16.3. The number of hydrogen-bond acceptors (Lipinski definition) is 3. The van der Waals surface area contributed by atoms with Crippen molar-refractivity contribution in [1.29, 1.82) is 0 Å². The maximum absolute atomic E-state index is 11.6. The Labute approximate surface area is 120 Å². The van der Waals surface area contributed by atoms with Crippen molar-refractivity contribution in [3.8, 4) is 5.75 Å². The molecule has 1 aromatic carbocycles. The number of methoxy groups -OCH3 is 2. The molecule has 5 nitrogen and oxygen atoms in total. The van der Waals surface area contributed by atoms with Crippen LogP contribution in [0.1, 0.15) is 19.4 Å². The molecule has 0 bridgehead atoms. The Kier molecular flexibility index (Phi) is 6.31. The molecule has 0 aliphatic rings. The van der Waals surface area contributed by atoms with Gasteiger partial charge in [-0.15, -0.1) is 0 Å². The van der Waals surface area contributed by atoms with Crippen LogP contribution in [0.4, 0.5) is 4.79 Å². The number of rotatable bonds is 7. The van der Waals surface area contributed by atoms with Crippen LogP contribution in [-0.2, 0) is 10.2 Å². The lowest BCUT2D eigenvalue weighted by molar-refractivity contribution is 0.195. The first-order valence-electron chi connectivity index (χ1n) is 6.65. The van der Waals surface area contributed by atoms with Gasteiger partial charge in [-0.25, -0.2) is 4.79 Å². The van der Waals surface area contributed by atoms with Crippen LogP contribution in [0.25, 0.3) is 0 Å². The molecule has 0 radical (unpaired) electrons. The fraction of sp³-hybridized carbons (Fsp3) is 0.533. The summed E-state index contributed by atoms with van der Waals surface area (Å²) in [5, 5.41) is 5.60. The number of nitrogens with one attached hydrogen (secondary N) is 2. The topological polar surface area (TPSA) is 59.6 Å². The lowest BCUT2D eigenvalue weighted by Gasteiger charge is -2.26. The molecular formula is C15H24N2O3. The Morgan fingerprint density at radius 1 is 1.15 bits per heavy atom.